The molecule has 0 bridgehead atoms. The van der Waals surface area contributed by atoms with Gasteiger partial charge in [0.15, 0.2) is 11.6 Å². The van der Waals surface area contributed by atoms with Crippen molar-refractivity contribution in [3.8, 4) is 0 Å². The van der Waals surface area contributed by atoms with Gasteiger partial charge in [-0.25, -0.2) is 17.2 Å². The zero-order valence-electron chi connectivity index (χ0n) is 15.4. The van der Waals surface area contributed by atoms with Crippen molar-refractivity contribution in [3.63, 3.8) is 0 Å². The number of aromatic nitrogens is 2. The van der Waals surface area contributed by atoms with Crippen molar-refractivity contribution < 1.29 is 26.7 Å². The Balaban J connectivity index is 1.79. The maximum absolute atomic E-state index is 13.3. The molecule has 1 aromatic carbocycles. The van der Waals surface area contributed by atoms with E-state index < -0.39 is 27.6 Å². The summed E-state index contributed by atoms with van der Waals surface area (Å²) in [6.07, 6.45) is 0. The van der Waals surface area contributed by atoms with E-state index in [0.717, 1.165) is 12.1 Å². The molecule has 0 unspecified atom stereocenters. The van der Waals surface area contributed by atoms with Crippen LogP contribution in [-0.4, -0.2) is 54.7 Å². The van der Waals surface area contributed by atoms with Crippen LogP contribution in [0.25, 0.3) is 0 Å². The minimum atomic E-state index is -3.76. The average molecular weight is 414 g/mol. The van der Waals surface area contributed by atoms with Crippen LogP contribution in [0.1, 0.15) is 11.4 Å². The molecule has 28 heavy (non-hydrogen) atoms. The number of amides is 1. The molecule has 11 heteroatoms. The molecule has 0 saturated carbocycles. The van der Waals surface area contributed by atoms with E-state index in [0.29, 0.717) is 18.9 Å². The maximum Gasteiger partial charge on any atom is 0.246 e. The highest BCUT2D eigenvalue weighted by molar-refractivity contribution is 7.89. The van der Waals surface area contributed by atoms with Crippen molar-refractivity contribution in [3.05, 3.63) is 41.2 Å². The Labute approximate surface area is 161 Å². The lowest BCUT2D eigenvalue weighted by Gasteiger charge is -2.26. The van der Waals surface area contributed by atoms with Crippen LogP contribution in [-0.2, 0) is 26.1 Å². The van der Waals surface area contributed by atoms with Gasteiger partial charge in [-0.05, 0) is 26.0 Å². The Hall–Kier alpha value is -2.37. The summed E-state index contributed by atoms with van der Waals surface area (Å²) in [5.41, 5.74) is 0.695. The Kier molecular flexibility index (Phi) is 5.77. The number of carbonyl (C=O) groups is 1. The third-order valence-corrected chi connectivity index (χ3v) is 6.53. The van der Waals surface area contributed by atoms with Crippen molar-refractivity contribution >= 4 is 21.6 Å². The van der Waals surface area contributed by atoms with E-state index in [-0.39, 0.29) is 35.9 Å². The molecule has 1 aromatic heterocycles. The average Bonchev–Trinajstić information content (AvgIpc) is 2.92. The van der Waals surface area contributed by atoms with Crippen molar-refractivity contribution in [2.24, 2.45) is 0 Å². The molecule has 152 valence electrons. The molecule has 0 aliphatic carbocycles. The Morgan fingerprint density at radius 3 is 2.54 bits per heavy atom. The number of nitrogens with one attached hydrogen (secondary N) is 1. The molecule has 1 aliphatic rings. The van der Waals surface area contributed by atoms with E-state index in [2.05, 4.69) is 10.4 Å². The number of hydrogen-bond acceptors (Lipinski definition) is 5. The number of nitrogens with zero attached hydrogens (tertiary/aromatic N) is 3. The summed E-state index contributed by atoms with van der Waals surface area (Å²) < 4.78 is 59.9. The number of sulfonamides is 1. The van der Waals surface area contributed by atoms with Crippen LogP contribution in [0.5, 0.6) is 0 Å². The minimum Gasteiger partial charge on any atom is -0.379 e. The molecule has 1 N–H and O–H groups in total. The molecule has 3 rings (SSSR count). The number of morpholine rings is 1. The first-order chi connectivity index (χ1) is 13.2. The van der Waals surface area contributed by atoms with E-state index >= 15 is 0 Å². The molecular formula is C17H20F2N4O4S. The lowest BCUT2D eigenvalue weighted by atomic mass is 10.3. The van der Waals surface area contributed by atoms with Gasteiger partial charge in [0.05, 0.1) is 24.6 Å². The Morgan fingerprint density at radius 2 is 1.89 bits per heavy atom. The molecule has 1 aliphatic heterocycles. The van der Waals surface area contributed by atoms with E-state index in [1.807, 2.05) is 0 Å². The van der Waals surface area contributed by atoms with Crippen LogP contribution in [0, 0.1) is 25.5 Å². The number of rotatable bonds is 5. The largest absolute Gasteiger partial charge is 0.379 e. The molecule has 2 heterocycles. The molecule has 0 spiro atoms. The predicted molar refractivity (Wildman–Crippen MR) is 96.3 cm³/mol. The first kappa shape index (κ1) is 20.4. The van der Waals surface area contributed by atoms with Crippen molar-refractivity contribution in [2.45, 2.75) is 25.3 Å². The quantitative estimate of drug-likeness (QED) is 0.799. The minimum absolute atomic E-state index is 0.0648. The third-order valence-electron chi connectivity index (χ3n) is 4.38. The maximum atomic E-state index is 13.3. The second-order valence-corrected chi connectivity index (χ2v) is 8.23. The van der Waals surface area contributed by atoms with E-state index in [1.54, 1.807) is 13.8 Å². The normalized spacial score (nSPS) is 15.6. The fourth-order valence-corrected chi connectivity index (χ4v) is 4.82. The van der Waals surface area contributed by atoms with Gasteiger partial charge in [0.25, 0.3) is 0 Å². The summed E-state index contributed by atoms with van der Waals surface area (Å²) in [6.45, 7) is 4.00. The van der Waals surface area contributed by atoms with Crippen molar-refractivity contribution in [1.82, 2.24) is 14.1 Å². The van der Waals surface area contributed by atoms with Gasteiger partial charge in [-0.3, -0.25) is 9.48 Å². The predicted octanol–water partition coefficient (Wildman–Crippen LogP) is 1.44. The molecule has 1 amide bonds. The molecule has 0 radical (unpaired) electrons. The highest BCUT2D eigenvalue weighted by Crippen LogP contribution is 2.24. The first-order valence-corrected chi connectivity index (χ1v) is 10.0. The number of hydrogen-bond donors (Lipinski definition) is 1. The van der Waals surface area contributed by atoms with Gasteiger partial charge in [-0.2, -0.15) is 9.40 Å². The standard InChI is InChI=1S/C17H20F2N4O4S/c1-11-17(28(25,26)22-5-7-27-8-6-22)12(2)23(21-11)10-16(24)20-13-3-4-14(18)15(19)9-13/h3-4,9H,5-8,10H2,1-2H3,(H,20,24). The van der Waals surface area contributed by atoms with Gasteiger partial charge in [-0.15, -0.1) is 0 Å². The summed E-state index contributed by atoms with van der Waals surface area (Å²) in [4.78, 5) is 12.3. The fraction of sp³-hybridized carbons (Fsp3) is 0.412. The summed E-state index contributed by atoms with van der Waals surface area (Å²) >= 11 is 0. The lowest BCUT2D eigenvalue weighted by molar-refractivity contribution is -0.116. The molecule has 1 saturated heterocycles. The number of ether oxygens (including phenoxy) is 1. The zero-order chi connectivity index (χ0) is 20.5. The number of benzene rings is 1. The van der Waals surface area contributed by atoms with Crippen LogP contribution >= 0.6 is 0 Å². The zero-order valence-corrected chi connectivity index (χ0v) is 16.2. The smallest absolute Gasteiger partial charge is 0.246 e. The van der Waals surface area contributed by atoms with Crippen LogP contribution in [0.15, 0.2) is 23.1 Å². The van der Waals surface area contributed by atoms with Gasteiger partial charge in [0, 0.05) is 24.8 Å². The summed E-state index contributed by atoms with van der Waals surface area (Å²) in [5.74, 6) is -2.65. The van der Waals surface area contributed by atoms with Crippen molar-refractivity contribution in [2.75, 3.05) is 31.6 Å². The summed E-state index contributed by atoms with van der Waals surface area (Å²) in [6, 6.07) is 3.00. The van der Waals surface area contributed by atoms with E-state index in [4.69, 9.17) is 4.74 Å². The SMILES string of the molecule is Cc1nn(CC(=O)Nc2ccc(F)c(F)c2)c(C)c1S(=O)(=O)N1CCOCC1. The topological polar surface area (TPSA) is 93.5 Å². The van der Waals surface area contributed by atoms with Gasteiger partial charge >= 0.3 is 0 Å². The fourth-order valence-electron chi connectivity index (χ4n) is 3.03. The Morgan fingerprint density at radius 1 is 1.21 bits per heavy atom. The molecule has 2 aromatic rings. The summed E-state index contributed by atoms with van der Waals surface area (Å²) in [7, 11) is -3.76. The molecule has 0 atom stereocenters. The lowest BCUT2D eigenvalue weighted by Crippen LogP contribution is -2.41. The Bertz CT molecular complexity index is 1000. The second-order valence-electron chi connectivity index (χ2n) is 6.35. The molecule has 8 nitrogen and oxygen atoms in total. The number of anilines is 1. The molecular weight excluding hydrogens is 394 g/mol. The third kappa shape index (κ3) is 4.05. The van der Waals surface area contributed by atoms with E-state index in [9.17, 15) is 22.0 Å². The van der Waals surface area contributed by atoms with Crippen LogP contribution in [0.4, 0.5) is 14.5 Å². The second kappa shape index (κ2) is 7.94. The monoisotopic (exact) mass is 414 g/mol. The highest BCUT2D eigenvalue weighted by atomic mass is 32.2. The first-order valence-electron chi connectivity index (χ1n) is 8.57. The molecule has 1 fully saturated rings. The van der Waals surface area contributed by atoms with E-state index in [1.165, 1.54) is 15.1 Å². The van der Waals surface area contributed by atoms with Crippen LogP contribution < -0.4 is 5.32 Å². The van der Waals surface area contributed by atoms with Crippen LogP contribution in [0.3, 0.4) is 0 Å². The van der Waals surface area contributed by atoms with Gasteiger partial charge in [-0.1, -0.05) is 0 Å². The van der Waals surface area contributed by atoms with Crippen LogP contribution in [0.2, 0.25) is 0 Å². The van der Waals surface area contributed by atoms with Gasteiger partial charge < -0.3 is 10.1 Å². The highest BCUT2D eigenvalue weighted by Gasteiger charge is 2.32. The van der Waals surface area contributed by atoms with Gasteiger partial charge in [0.1, 0.15) is 11.4 Å². The van der Waals surface area contributed by atoms with Crippen molar-refractivity contribution in [1.29, 1.82) is 0 Å². The number of halogens is 2. The summed E-state index contributed by atoms with van der Waals surface area (Å²) in [5, 5.41) is 6.60. The number of carbonyl (C=O) groups excluding carboxylic acids is 1. The number of aryl methyl sites for hydroxylation is 1. The van der Waals surface area contributed by atoms with Gasteiger partial charge in [0.2, 0.25) is 15.9 Å².